The normalized spacial score (nSPS) is 11.8. The molecule has 0 amide bonds. The third kappa shape index (κ3) is 3.78. The van der Waals surface area contributed by atoms with Gasteiger partial charge in [-0.25, -0.2) is 0 Å². The van der Waals surface area contributed by atoms with Crippen LogP contribution >= 0.6 is 11.3 Å². The Morgan fingerprint density at radius 2 is 1.17 bits per heavy atom. The zero-order valence-electron chi connectivity index (χ0n) is 25.1. The van der Waals surface area contributed by atoms with Gasteiger partial charge in [0.25, 0.3) is 0 Å². The first kappa shape index (κ1) is 26.1. The molecular formula is C43H24N2OS. The lowest BCUT2D eigenvalue weighted by Crippen LogP contribution is -1.94. The molecule has 0 unspecified atom stereocenters. The van der Waals surface area contributed by atoms with E-state index in [9.17, 15) is 5.26 Å². The average Bonchev–Trinajstić information content (AvgIpc) is 3.81. The van der Waals surface area contributed by atoms with Gasteiger partial charge in [0, 0.05) is 64.1 Å². The van der Waals surface area contributed by atoms with Crippen LogP contribution in [0.25, 0.3) is 91.9 Å². The predicted octanol–water partition coefficient (Wildman–Crippen LogP) is 12.3. The van der Waals surface area contributed by atoms with E-state index in [0.29, 0.717) is 5.56 Å². The van der Waals surface area contributed by atoms with Gasteiger partial charge in [-0.15, -0.1) is 11.3 Å². The highest BCUT2D eigenvalue weighted by molar-refractivity contribution is 7.26. The van der Waals surface area contributed by atoms with Crippen LogP contribution in [0.3, 0.4) is 0 Å². The highest BCUT2D eigenvalue weighted by Gasteiger charge is 2.19. The minimum Gasteiger partial charge on any atom is -0.455 e. The number of fused-ring (bicyclic) bond motifs is 9. The number of nitrogens with zero attached hydrogens (tertiary/aromatic N) is 2. The highest BCUT2D eigenvalue weighted by Crippen LogP contribution is 2.45. The van der Waals surface area contributed by atoms with Crippen LogP contribution in [0, 0.1) is 11.3 Å². The van der Waals surface area contributed by atoms with Gasteiger partial charge in [0.2, 0.25) is 0 Å². The van der Waals surface area contributed by atoms with Gasteiger partial charge in [-0.05, 0) is 48.0 Å². The number of para-hydroxylation sites is 3. The molecule has 10 rings (SSSR count). The summed E-state index contributed by atoms with van der Waals surface area (Å²) in [6, 6.07) is 53.5. The summed E-state index contributed by atoms with van der Waals surface area (Å²) < 4.78 is 11.8. The molecule has 0 spiro atoms. The van der Waals surface area contributed by atoms with E-state index < -0.39 is 0 Å². The monoisotopic (exact) mass is 616 g/mol. The first-order chi connectivity index (χ1) is 23.3. The summed E-state index contributed by atoms with van der Waals surface area (Å²) in [5.41, 5.74) is 10.1. The number of hydrogen-bond acceptors (Lipinski definition) is 3. The van der Waals surface area contributed by atoms with Crippen molar-refractivity contribution in [1.82, 2.24) is 4.57 Å². The van der Waals surface area contributed by atoms with Crippen LogP contribution in [0.15, 0.2) is 150 Å². The van der Waals surface area contributed by atoms with Gasteiger partial charge < -0.3 is 8.98 Å². The number of hydrogen-bond donors (Lipinski definition) is 0. The van der Waals surface area contributed by atoms with Gasteiger partial charge in [0.15, 0.2) is 0 Å². The Bertz CT molecular complexity index is 2930. The van der Waals surface area contributed by atoms with Gasteiger partial charge in [-0.2, -0.15) is 5.26 Å². The fourth-order valence-corrected chi connectivity index (χ4v) is 8.58. The SMILES string of the molecule is N#Cc1ccc2c(c1)c1ccccc1n2-c1cccc(-c2cccc3c2oc2c(-c4cccc5c4sc4ccccc45)cccc23)c1. The summed E-state index contributed by atoms with van der Waals surface area (Å²) in [7, 11) is 0. The fourth-order valence-electron chi connectivity index (χ4n) is 7.35. The number of nitriles is 1. The summed E-state index contributed by atoms with van der Waals surface area (Å²) in [5, 5.41) is 16.6. The lowest BCUT2D eigenvalue weighted by atomic mass is 9.99. The zero-order valence-corrected chi connectivity index (χ0v) is 25.9. The van der Waals surface area contributed by atoms with E-state index in [1.165, 1.54) is 25.7 Å². The molecule has 0 aliphatic rings. The molecule has 0 fully saturated rings. The quantitative estimate of drug-likeness (QED) is 0.198. The van der Waals surface area contributed by atoms with Crippen molar-refractivity contribution in [2.45, 2.75) is 0 Å². The standard InChI is InChI=1S/C43H24N2OS/c44-25-26-21-22-39-37(23-26)30-11-1-3-19-38(30)45(39)28-10-5-9-27(24-28)29-13-6-14-32-33-15-7-16-34(42(33)46-41(29)32)36-18-8-17-35-31-12-2-4-20-40(31)47-43(35)36/h1-24H. The van der Waals surface area contributed by atoms with Crippen molar-refractivity contribution in [2.75, 3.05) is 0 Å². The molecule has 218 valence electrons. The van der Waals surface area contributed by atoms with Crippen molar-refractivity contribution in [3.63, 3.8) is 0 Å². The van der Waals surface area contributed by atoms with Gasteiger partial charge in [0.1, 0.15) is 11.2 Å². The Balaban J connectivity index is 1.18. The number of thiophene rings is 1. The fraction of sp³-hybridized carbons (Fsp3) is 0. The number of benzene rings is 7. The van der Waals surface area contributed by atoms with E-state index in [2.05, 4.69) is 144 Å². The van der Waals surface area contributed by atoms with Crippen LogP contribution in [0.2, 0.25) is 0 Å². The Hall–Kier alpha value is -6.15. The Morgan fingerprint density at radius 3 is 2.02 bits per heavy atom. The number of furan rings is 1. The van der Waals surface area contributed by atoms with Gasteiger partial charge in [-0.3, -0.25) is 0 Å². The van der Waals surface area contributed by atoms with Crippen LogP contribution in [0.4, 0.5) is 0 Å². The molecule has 47 heavy (non-hydrogen) atoms. The minimum absolute atomic E-state index is 0.661. The van der Waals surface area contributed by atoms with Crippen LogP contribution in [0.5, 0.6) is 0 Å². The average molecular weight is 617 g/mol. The van der Waals surface area contributed by atoms with E-state index >= 15 is 0 Å². The van der Waals surface area contributed by atoms with E-state index in [4.69, 9.17) is 4.42 Å². The molecule has 7 aromatic carbocycles. The Labute approximate surface area is 273 Å². The summed E-state index contributed by atoms with van der Waals surface area (Å²) in [6.45, 7) is 0. The lowest BCUT2D eigenvalue weighted by Gasteiger charge is -2.10. The molecule has 0 bridgehead atoms. The van der Waals surface area contributed by atoms with E-state index in [-0.39, 0.29) is 0 Å². The summed E-state index contributed by atoms with van der Waals surface area (Å²) in [4.78, 5) is 0. The molecule has 3 nitrogen and oxygen atoms in total. The maximum absolute atomic E-state index is 9.59. The summed E-state index contributed by atoms with van der Waals surface area (Å²) >= 11 is 1.84. The van der Waals surface area contributed by atoms with E-state index in [0.717, 1.165) is 66.1 Å². The van der Waals surface area contributed by atoms with Crippen molar-refractivity contribution in [2.24, 2.45) is 0 Å². The molecule has 0 aliphatic carbocycles. The second-order valence-electron chi connectivity index (χ2n) is 12.0. The first-order valence-corrected chi connectivity index (χ1v) is 16.5. The third-order valence-corrected chi connectivity index (χ3v) is 10.7. The topological polar surface area (TPSA) is 41.9 Å². The smallest absolute Gasteiger partial charge is 0.143 e. The summed E-state index contributed by atoms with van der Waals surface area (Å²) in [6.07, 6.45) is 0. The van der Waals surface area contributed by atoms with Crippen molar-refractivity contribution >= 4 is 75.3 Å². The lowest BCUT2D eigenvalue weighted by molar-refractivity contribution is 0.671. The molecule has 0 aliphatic heterocycles. The van der Waals surface area contributed by atoms with Gasteiger partial charge in [0.05, 0.1) is 22.7 Å². The molecule has 4 heteroatoms. The first-order valence-electron chi connectivity index (χ1n) is 15.7. The summed E-state index contributed by atoms with van der Waals surface area (Å²) in [5.74, 6) is 0. The molecule has 0 radical (unpaired) electrons. The molecule has 0 saturated heterocycles. The second kappa shape index (κ2) is 9.92. The minimum atomic E-state index is 0.661. The highest BCUT2D eigenvalue weighted by atomic mass is 32.1. The van der Waals surface area contributed by atoms with E-state index in [1.807, 2.05) is 23.5 Å². The molecule has 3 heterocycles. The van der Waals surface area contributed by atoms with Crippen molar-refractivity contribution in [3.05, 3.63) is 151 Å². The van der Waals surface area contributed by atoms with Gasteiger partial charge in [-0.1, -0.05) is 103 Å². The number of aromatic nitrogens is 1. The zero-order chi connectivity index (χ0) is 31.1. The van der Waals surface area contributed by atoms with Crippen LogP contribution in [0.1, 0.15) is 5.56 Å². The molecule has 10 aromatic rings. The van der Waals surface area contributed by atoms with Crippen molar-refractivity contribution < 1.29 is 4.42 Å². The molecule has 0 atom stereocenters. The van der Waals surface area contributed by atoms with Crippen LogP contribution in [-0.2, 0) is 0 Å². The molecule has 0 saturated carbocycles. The maximum atomic E-state index is 9.59. The van der Waals surface area contributed by atoms with Gasteiger partial charge >= 0.3 is 0 Å². The molecule has 3 aromatic heterocycles. The van der Waals surface area contributed by atoms with Crippen LogP contribution in [-0.4, -0.2) is 4.57 Å². The third-order valence-electron chi connectivity index (χ3n) is 9.44. The molecule has 0 N–H and O–H groups in total. The van der Waals surface area contributed by atoms with Crippen LogP contribution < -0.4 is 0 Å². The predicted molar refractivity (Wildman–Crippen MR) is 197 cm³/mol. The Kier molecular flexibility index (Phi) is 5.51. The molecular weight excluding hydrogens is 593 g/mol. The van der Waals surface area contributed by atoms with E-state index in [1.54, 1.807) is 0 Å². The van der Waals surface area contributed by atoms with Crippen molar-refractivity contribution in [1.29, 1.82) is 5.26 Å². The number of rotatable bonds is 3. The second-order valence-corrected chi connectivity index (χ2v) is 13.0. The largest absolute Gasteiger partial charge is 0.455 e. The maximum Gasteiger partial charge on any atom is 0.143 e. The Morgan fingerprint density at radius 1 is 0.511 bits per heavy atom. The van der Waals surface area contributed by atoms with Crippen molar-refractivity contribution in [3.8, 4) is 34.0 Å².